The van der Waals surface area contributed by atoms with Crippen molar-refractivity contribution in [3.8, 4) is 5.75 Å². The van der Waals surface area contributed by atoms with Crippen molar-refractivity contribution in [2.45, 2.75) is 25.7 Å². The Morgan fingerprint density at radius 2 is 2.00 bits per heavy atom. The first-order chi connectivity index (χ1) is 11.8. The predicted octanol–water partition coefficient (Wildman–Crippen LogP) is 3.33. The van der Waals surface area contributed by atoms with Crippen LogP contribution in [0.3, 0.4) is 0 Å². The van der Waals surface area contributed by atoms with Gasteiger partial charge in [-0.3, -0.25) is 9.78 Å². The highest BCUT2D eigenvalue weighted by atomic mass is 16.5. The number of amides is 1. The summed E-state index contributed by atoms with van der Waals surface area (Å²) in [5.41, 5.74) is 1.12. The highest BCUT2D eigenvalue weighted by Crippen LogP contribution is 2.20. The number of nitrogens with zero attached hydrogens (tertiary/aromatic N) is 2. The average Bonchev–Trinajstić information content (AvgIpc) is 2.64. The number of ether oxygens (including phenoxy) is 1. The second-order valence-corrected chi connectivity index (χ2v) is 6.28. The first-order valence-corrected chi connectivity index (χ1v) is 8.67. The zero-order valence-electron chi connectivity index (χ0n) is 13.9. The Bertz CT molecular complexity index is 631. The van der Waals surface area contributed by atoms with Gasteiger partial charge in [-0.2, -0.15) is 0 Å². The zero-order valence-corrected chi connectivity index (χ0v) is 13.9. The fourth-order valence-electron chi connectivity index (χ4n) is 3.20. The Labute approximate surface area is 143 Å². The van der Waals surface area contributed by atoms with E-state index >= 15 is 0 Å². The molecule has 2 aromatic rings. The molecule has 2 heterocycles. The lowest BCUT2D eigenvalue weighted by molar-refractivity contribution is -0.133. The number of pyridine rings is 1. The van der Waals surface area contributed by atoms with E-state index in [0.29, 0.717) is 18.9 Å². The molecule has 24 heavy (non-hydrogen) atoms. The van der Waals surface area contributed by atoms with Crippen LogP contribution in [0.2, 0.25) is 0 Å². The van der Waals surface area contributed by atoms with E-state index in [2.05, 4.69) is 11.1 Å². The fourth-order valence-corrected chi connectivity index (χ4v) is 3.20. The summed E-state index contributed by atoms with van der Waals surface area (Å²) in [7, 11) is 0. The van der Waals surface area contributed by atoms with Gasteiger partial charge in [0.1, 0.15) is 5.75 Å². The number of para-hydroxylation sites is 1. The molecule has 126 valence electrons. The van der Waals surface area contributed by atoms with E-state index in [1.165, 1.54) is 6.42 Å². The molecule has 1 aromatic carbocycles. The standard InChI is InChI=1S/C20H24N2O2/c23-20(11-14-24-19-9-2-1-3-10-19)22-13-6-7-17(16-22)15-18-8-4-5-12-21-18/h1-5,8-10,12,17H,6-7,11,13-16H2/t17-/m1/s1. The summed E-state index contributed by atoms with van der Waals surface area (Å²) in [6, 6.07) is 15.7. The van der Waals surface area contributed by atoms with Crippen LogP contribution in [-0.2, 0) is 11.2 Å². The summed E-state index contributed by atoms with van der Waals surface area (Å²) in [6.07, 6.45) is 5.46. The van der Waals surface area contributed by atoms with Gasteiger partial charge in [0.05, 0.1) is 13.0 Å². The molecular formula is C20H24N2O2. The van der Waals surface area contributed by atoms with Crippen molar-refractivity contribution in [3.05, 3.63) is 60.4 Å². The second kappa shape index (κ2) is 8.48. The number of hydrogen-bond acceptors (Lipinski definition) is 3. The van der Waals surface area contributed by atoms with E-state index in [0.717, 1.165) is 37.4 Å². The molecule has 1 aromatic heterocycles. The van der Waals surface area contributed by atoms with Gasteiger partial charge in [-0.1, -0.05) is 24.3 Å². The van der Waals surface area contributed by atoms with Crippen LogP contribution in [-0.4, -0.2) is 35.5 Å². The van der Waals surface area contributed by atoms with E-state index in [9.17, 15) is 4.79 Å². The molecule has 0 saturated carbocycles. The smallest absolute Gasteiger partial charge is 0.226 e. The molecule has 0 bridgehead atoms. The maximum absolute atomic E-state index is 12.4. The van der Waals surface area contributed by atoms with Gasteiger partial charge in [0, 0.05) is 25.0 Å². The Kier molecular flexibility index (Phi) is 5.83. The van der Waals surface area contributed by atoms with Crippen molar-refractivity contribution in [1.29, 1.82) is 0 Å². The third-order valence-corrected chi connectivity index (χ3v) is 4.42. The van der Waals surface area contributed by atoms with Crippen LogP contribution in [0, 0.1) is 5.92 Å². The van der Waals surface area contributed by atoms with E-state index < -0.39 is 0 Å². The highest BCUT2D eigenvalue weighted by Gasteiger charge is 2.23. The van der Waals surface area contributed by atoms with E-state index in [1.807, 2.05) is 53.6 Å². The Hall–Kier alpha value is -2.36. The molecule has 0 aliphatic carbocycles. The average molecular weight is 324 g/mol. The summed E-state index contributed by atoms with van der Waals surface area (Å²) in [5.74, 6) is 1.52. The van der Waals surface area contributed by atoms with Gasteiger partial charge in [-0.25, -0.2) is 0 Å². The lowest BCUT2D eigenvalue weighted by Gasteiger charge is -2.32. The summed E-state index contributed by atoms with van der Waals surface area (Å²) >= 11 is 0. The summed E-state index contributed by atoms with van der Waals surface area (Å²) in [4.78, 5) is 18.8. The topological polar surface area (TPSA) is 42.4 Å². The molecule has 4 heteroatoms. The summed E-state index contributed by atoms with van der Waals surface area (Å²) in [6.45, 7) is 2.13. The minimum Gasteiger partial charge on any atom is -0.493 e. The van der Waals surface area contributed by atoms with E-state index in [4.69, 9.17) is 4.74 Å². The number of likely N-dealkylation sites (tertiary alicyclic amines) is 1. The Morgan fingerprint density at radius 3 is 2.79 bits per heavy atom. The van der Waals surface area contributed by atoms with Crippen LogP contribution in [0.25, 0.3) is 0 Å². The molecule has 3 rings (SSSR count). The molecule has 0 radical (unpaired) electrons. The Morgan fingerprint density at radius 1 is 1.17 bits per heavy atom. The highest BCUT2D eigenvalue weighted by molar-refractivity contribution is 5.76. The molecule has 0 unspecified atom stereocenters. The first-order valence-electron chi connectivity index (χ1n) is 8.67. The van der Waals surface area contributed by atoms with E-state index in [-0.39, 0.29) is 5.91 Å². The monoisotopic (exact) mass is 324 g/mol. The quantitative estimate of drug-likeness (QED) is 0.818. The largest absolute Gasteiger partial charge is 0.493 e. The van der Waals surface area contributed by atoms with Crippen molar-refractivity contribution in [3.63, 3.8) is 0 Å². The Balaban J connectivity index is 1.44. The third kappa shape index (κ3) is 4.82. The minimum absolute atomic E-state index is 0.191. The molecule has 1 aliphatic rings. The van der Waals surface area contributed by atoms with Crippen LogP contribution < -0.4 is 4.74 Å². The number of hydrogen-bond donors (Lipinski definition) is 0. The van der Waals surface area contributed by atoms with Gasteiger partial charge in [-0.15, -0.1) is 0 Å². The van der Waals surface area contributed by atoms with E-state index in [1.54, 1.807) is 0 Å². The number of rotatable bonds is 6. The van der Waals surface area contributed by atoms with Crippen molar-refractivity contribution in [1.82, 2.24) is 9.88 Å². The molecule has 4 nitrogen and oxygen atoms in total. The molecule has 0 N–H and O–H groups in total. The van der Waals surface area contributed by atoms with Crippen molar-refractivity contribution >= 4 is 5.91 Å². The molecule has 1 amide bonds. The molecule has 1 saturated heterocycles. The lowest BCUT2D eigenvalue weighted by Crippen LogP contribution is -2.41. The molecule has 1 aliphatic heterocycles. The maximum atomic E-state index is 12.4. The number of aromatic nitrogens is 1. The van der Waals surface area contributed by atoms with Crippen LogP contribution in [0.15, 0.2) is 54.7 Å². The maximum Gasteiger partial charge on any atom is 0.226 e. The molecule has 1 fully saturated rings. The predicted molar refractivity (Wildman–Crippen MR) is 93.8 cm³/mol. The molecule has 1 atom stereocenters. The third-order valence-electron chi connectivity index (χ3n) is 4.42. The summed E-state index contributed by atoms with van der Waals surface area (Å²) in [5, 5.41) is 0. The normalized spacial score (nSPS) is 17.5. The second-order valence-electron chi connectivity index (χ2n) is 6.28. The van der Waals surface area contributed by atoms with Crippen LogP contribution >= 0.6 is 0 Å². The van der Waals surface area contributed by atoms with Gasteiger partial charge < -0.3 is 9.64 Å². The van der Waals surface area contributed by atoms with Crippen LogP contribution in [0.5, 0.6) is 5.75 Å². The van der Waals surface area contributed by atoms with Crippen molar-refractivity contribution in [2.24, 2.45) is 5.92 Å². The van der Waals surface area contributed by atoms with Crippen LogP contribution in [0.1, 0.15) is 25.0 Å². The van der Waals surface area contributed by atoms with Gasteiger partial charge in [0.15, 0.2) is 0 Å². The lowest BCUT2D eigenvalue weighted by atomic mass is 9.93. The first kappa shape index (κ1) is 16.5. The minimum atomic E-state index is 0.191. The van der Waals surface area contributed by atoms with Crippen molar-refractivity contribution < 1.29 is 9.53 Å². The van der Waals surface area contributed by atoms with Gasteiger partial charge >= 0.3 is 0 Å². The summed E-state index contributed by atoms with van der Waals surface area (Å²) < 4.78 is 5.63. The number of piperidine rings is 1. The molecule has 0 spiro atoms. The van der Waals surface area contributed by atoms with Crippen molar-refractivity contribution in [2.75, 3.05) is 19.7 Å². The van der Waals surface area contributed by atoms with Gasteiger partial charge in [0.2, 0.25) is 5.91 Å². The number of benzene rings is 1. The number of carbonyl (C=O) groups excluding carboxylic acids is 1. The molecular weight excluding hydrogens is 300 g/mol. The van der Waals surface area contributed by atoms with Gasteiger partial charge in [0.25, 0.3) is 0 Å². The zero-order chi connectivity index (χ0) is 16.6. The van der Waals surface area contributed by atoms with Gasteiger partial charge in [-0.05, 0) is 49.4 Å². The van der Waals surface area contributed by atoms with Crippen LogP contribution in [0.4, 0.5) is 0 Å². The SMILES string of the molecule is O=C(CCOc1ccccc1)N1CCC[C@H](Cc2ccccn2)C1. The fraction of sp³-hybridized carbons (Fsp3) is 0.400. The number of carbonyl (C=O) groups is 1.